The maximum atomic E-state index is 13.2. The van der Waals surface area contributed by atoms with Gasteiger partial charge >= 0.3 is 0 Å². The molecular weight excluding hydrogens is 440 g/mol. The molecule has 1 aliphatic rings. The highest BCUT2D eigenvalue weighted by Gasteiger charge is 2.28. The third-order valence-electron chi connectivity index (χ3n) is 5.54. The number of sulfonamides is 1. The number of hydrogen-bond donors (Lipinski definition) is 1. The van der Waals surface area contributed by atoms with Crippen LogP contribution in [0.2, 0.25) is 0 Å². The number of nitrogens with one attached hydrogen (secondary N) is 1. The van der Waals surface area contributed by atoms with Crippen LogP contribution in [-0.2, 0) is 23.0 Å². The van der Waals surface area contributed by atoms with Crippen molar-refractivity contribution < 1.29 is 22.7 Å². The van der Waals surface area contributed by atoms with Gasteiger partial charge in [-0.15, -0.1) is 0 Å². The number of nitrogens with zero attached hydrogens (tertiary/aromatic N) is 1. The Morgan fingerprint density at radius 2 is 1.70 bits per heavy atom. The summed E-state index contributed by atoms with van der Waals surface area (Å²) in [4.78, 5) is 12.7. The molecule has 172 valence electrons. The molecule has 0 bridgehead atoms. The lowest BCUT2D eigenvalue weighted by Crippen LogP contribution is -2.36. The summed E-state index contributed by atoms with van der Waals surface area (Å²) >= 11 is 0. The van der Waals surface area contributed by atoms with E-state index in [1.807, 2.05) is 36.4 Å². The predicted octanol–water partition coefficient (Wildman–Crippen LogP) is 3.25. The van der Waals surface area contributed by atoms with Crippen molar-refractivity contribution in [3.05, 3.63) is 89.5 Å². The van der Waals surface area contributed by atoms with Crippen molar-refractivity contribution in [1.29, 1.82) is 0 Å². The largest absolute Gasteiger partial charge is 0.493 e. The number of benzene rings is 3. The first-order valence-corrected chi connectivity index (χ1v) is 12.1. The van der Waals surface area contributed by atoms with Gasteiger partial charge in [0.15, 0.2) is 11.5 Å². The summed E-state index contributed by atoms with van der Waals surface area (Å²) in [5.74, 6) is 0.840. The van der Waals surface area contributed by atoms with Crippen LogP contribution in [0.4, 0.5) is 0 Å². The van der Waals surface area contributed by atoms with Crippen LogP contribution in [0.1, 0.15) is 21.5 Å². The van der Waals surface area contributed by atoms with E-state index in [0.717, 1.165) is 5.56 Å². The van der Waals surface area contributed by atoms with Crippen molar-refractivity contribution in [2.45, 2.75) is 17.9 Å². The third-order valence-corrected chi connectivity index (χ3v) is 7.39. The normalized spacial score (nSPS) is 13.7. The minimum absolute atomic E-state index is 0.111. The second kappa shape index (κ2) is 10.1. The minimum atomic E-state index is -3.71. The average molecular weight is 467 g/mol. The van der Waals surface area contributed by atoms with Crippen molar-refractivity contribution in [2.24, 2.45) is 0 Å². The number of carbonyl (C=O) groups excluding carboxylic acids is 1. The SMILES string of the molecule is COc1ccccc1OCCNC(=O)c1cccc(S(=O)(=O)N2CCc3ccccc3C2)c1. The van der Waals surface area contributed by atoms with E-state index in [4.69, 9.17) is 9.47 Å². The molecule has 0 fully saturated rings. The molecule has 0 unspecified atom stereocenters. The van der Waals surface area contributed by atoms with Crippen molar-refractivity contribution in [3.63, 3.8) is 0 Å². The molecule has 1 amide bonds. The van der Waals surface area contributed by atoms with Gasteiger partial charge in [-0.2, -0.15) is 4.31 Å². The molecule has 0 radical (unpaired) electrons. The van der Waals surface area contributed by atoms with Gasteiger partial charge in [0.05, 0.1) is 18.6 Å². The maximum Gasteiger partial charge on any atom is 0.251 e. The van der Waals surface area contributed by atoms with Crippen LogP contribution < -0.4 is 14.8 Å². The molecule has 1 aliphatic heterocycles. The van der Waals surface area contributed by atoms with E-state index in [-0.39, 0.29) is 29.5 Å². The zero-order valence-corrected chi connectivity index (χ0v) is 19.2. The number of amides is 1. The van der Waals surface area contributed by atoms with E-state index >= 15 is 0 Å². The monoisotopic (exact) mass is 466 g/mol. The fraction of sp³-hybridized carbons (Fsp3) is 0.240. The number of hydrogen-bond acceptors (Lipinski definition) is 5. The van der Waals surface area contributed by atoms with Gasteiger partial charge in [0.25, 0.3) is 5.91 Å². The molecule has 7 nitrogen and oxygen atoms in total. The zero-order valence-electron chi connectivity index (χ0n) is 18.4. The van der Waals surface area contributed by atoms with Crippen LogP contribution in [0.15, 0.2) is 77.7 Å². The Hall–Kier alpha value is -3.36. The lowest BCUT2D eigenvalue weighted by molar-refractivity contribution is 0.0946. The number of para-hydroxylation sites is 2. The van der Waals surface area contributed by atoms with E-state index < -0.39 is 10.0 Å². The van der Waals surface area contributed by atoms with E-state index in [0.29, 0.717) is 31.0 Å². The molecule has 8 heteroatoms. The van der Waals surface area contributed by atoms with Crippen LogP contribution >= 0.6 is 0 Å². The van der Waals surface area contributed by atoms with Crippen LogP contribution in [0.3, 0.4) is 0 Å². The molecule has 0 saturated heterocycles. The molecule has 3 aromatic rings. The molecule has 0 saturated carbocycles. The van der Waals surface area contributed by atoms with E-state index in [1.165, 1.54) is 22.0 Å². The topological polar surface area (TPSA) is 84.9 Å². The fourth-order valence-electron chi connectivity index (χ4n) is 3.79. The van der Waals surface area contributed by atoms with Gasteiger partial charge in [0.2, 0.25) is 10.0 Å². The predicted molar refractivity (Wildman–Crippen MR) is 125 cm³/mol. The Balaban J connectivity index is 1.38. The number of fused-ring (bicyclic) bond motifs is 1. The number of methoxy groups -OCH3 is 1. The molecule has 3 aromatic carbocycles. The van der Waals surface area contributed by atoms with Crippen molar-refractivity contribution in [2.75, 3.05) is 26.8 Å². The highest BCUT2D eigenvalue weighted by atomic mass is 32.2. The van der Waals surface area contributed by atoms with E-state index in [9.17, 15) is 13.2 Å². The van der Waals surface area contributed by atoms with Gasteiger partial charge in [-0.25, -0.2) is 8.42 Å². The Morgan fingerprint density at radius 3 is 2.48 bits per heavy atom. The summed E-state index contributed by atoms with van der Waals surface area (Å²) in [6.07, 6.45) is 0.668. The molecule has 0 aromatic heterocycles. The van der Waals surface area contributed by atoms with Crippen LogP contribution in [0, 0.1) is 0 Å². The maximum absolute atomic E-state index is 13.2. The first kappa shape index (κ1) is 22.8. The Bertz CT molecular complexity index is 1240. The van der Waals surface area contributed by atoms with E-state index in [1.54, 1.807) is 31.4 Å². The minimum Gasteiger partial charge on any atom is -0.493 e. The van der Waals surface area contributed by atoms with Crippen molar-refractivity contribution in [1.82, 2.24) is 9.62 Å². The van der Waals surface area contributed by atoms with E-state index in [2.05, 4.69) is 5.32 Å². The lowest BCUT2D eigenvalue weighted by Gasteiger charge is -2.28. The lowest BCUT2D eigenvalue weighted by atomic mass is 10.0. The second-order valence-electron chi connectivity index (χ2n) is 7.64. The van der Waals surface area contributed by atoms with Gasteiger partial charge in [-0.3, -0.25) is 4.79 Å². The Kier molecular flexibility index (Phi) is 6.96. The number of ether oxygens (including phenoxy) is 2. The summed E-state index contributed by atoms with van der Waals surface area (Å²) in [6, 6.07) is 21.3. The van der Waals surface area contributed by atoms with Crippen molar-refractivity contribution in [3.8, 4) is 11.5 Å². The molecular formula is C25H26N2O5S. The third kappa shape index (κ3) is 5.18. The summed E-state index contributed by atoms with van der Waals surface area (Å²) in [6.45, 7) is 1.25. The zero-order chi connectivity index (χ0) is 23.3. The highest BCUT2D eigenvalue weighted by molar-refractivity contribution is 7.89. The quantitative estimate of drug-likeness (QED) is 0.515. The molecule has 0 spiro atoms. The summed E-state index contributed by atoms with van der Waals surface area (Å²) < 4.78 is 38.8. The first-order chi connectivity index (χ1) is 16.0. The van der Waals surface area contributed by atoms with Crippen LogP contribution in [-0.4, -0.2) is 45.4 Å². The molecule has 0 atom stereocenters. The molecule has 33 heavy (non-hydrogen) atoms. The molecule has 1 heterocycles. The highest BCUT2D eigenvalue weighted by Crippen LogP contribution is 2.26. The summed E-state index contributed by atoms with van der Waals surface area (Å²) in [7, 11) is -2.15. The van der Waals surface area contributed by atoms with Gasteiger partial charge in [-0.1, -0.05) is 42.5 Å². The standard InChI is InChI=1S/C25H26N2O5S/c1-31-23-11-4-5-12-24(23)32-16-14-26-25(28)20-9-6-10-22(17-20)33(29,30)27-15-13-19-7-2-3-8-21(19)18-27/h2-12,17H,13-16,18H2,1H3,(H,26,28). The second-order valence-corrected chi connectivity index (χ2v) is 9.58. The summed E-state index contributed by atoms with van der Waals surface area (Å²) in [5, 5.41) is 2.76. The molecule has 4 rings (SSSR count). The molecule has 1 N–H and O–H groups in total. The number of rotatable bonds is 8. The van der Waals surface area contributed by atoms with Gasteiger partial charge in [-0.05, 0) is 47.9 Å². The first-order valence-electron chi connectivity index (χ1n) is 10.7. The average Bonchev–Trinajstić information content (AvgIpc) is 2.86. The molecule has 0 aliphatic carbocycles. The van der Waals surface area contributed by atoms with Gasteiger partial charge in [0, 0.05) is 18.7 Å². The smallest absolute Gasteiger partial charge is 0.251 e. The van der Waals surface area contributed by atoms with Gasteiger partial charge in [0.1, 0.15) is 6.61 Å². The van der Waals surface area contributed by atoms with Crippen molar-refractivity contribution >= 4 is 15.9 Å². The Morgan fingerprint density at radius 1 is 0.970 bits per heavy atom. The Labute approximate surface area is 194 Å². The van der Waals surface area contributed by atoms with Gasteiger partial charge < -0.3 is 14.8 Å². The fourth-order valence-corrected chi connectivity index (χ4v) is 5.25. The number of carbonyl (C=O) groups is 1. The summed E-state index contributed by atoms with van der Waals surface area (Å²) in [5.41, 5.74) is 2.47. The van der Waals surface area contributed by atoms with Crippen LogP contribution in [0.5, 0.6) is 11.5 Å². The van der Waals surface area contributed by atoms with Crippen LogP contribution in [0.25, 0.3) is 0 Å².